The lowest BCUT2D eigenvalue weighted by molar-refractivity contribution is -0.385. The molecule has 3 aromatic rings. The van der Waals surface area contributed by atoms with Crippen molar-refractivity contribution in [3.63, 3.8) is 0 Å². The number of para-hydroxylation sites is 1. The molecule has 0 spiro atoms. The molecule has 0 aromatic heterocycles. The number of hydrogen-bond donors (Lipinski definition) is 4. The molecular weight excluding hydrogens is 675 g/mol. The summed E-state index contributed by atoms with van der Waals surface area (Å²) in [6.07, 6.45) is -0.719. The van der Waals surface area contributed by atoms with Gasteiger partial charge in [-0.15, -0.1) is 0 Å². The Balaban J connectivity index is 1.68. The van der Waals surface area contributed by atoms with Gasteiger partial charge in [0.25, 0.3) is 11.6 Å². The second-order valence-electron chi connectivity index (χ2n) is 13.5. The van der Waals surface area contributed by atoms with Gasteiger partial charge in [-0.2, -0.15) is 0 Å². The molecule has 276 valence electrons. The predicted molar refractivity (Wildman–Crippen MR) is 196 cm³/mol. The first-order valence-electron chi connectivity index (χ1n) is 16.9. The molecule has 0 saturated heterocycles. The fraction of sp³-hybridized carbons (Fsp3) is 0.432. The number of nitro benzene ring substituents is 1. The summed E-state index contributed by atoms with van der Waals surface area (Å²) in [5, 5.41) is 31.2. The van der Waals surface area contributed by atoms with E-state index in [9.17, 15) is 38.0 Å². The van der Waals surface area contributed by atoms with E-state index in [1.807, 2.05) is 58.0 Å². The number of nitrogens with zero attached hydrogens (tertiary/aromatic N) is 2. The van der Waals surface area contributed by atoms with Crippen molar-refractivity contribution in [1.29, 1.82) is 0 Å². The summed E-state index contributed by atoms with van der Waals surface area (Å²) in [7, 11) is -2.78. The number of nitro groups is 1. The predicted octanol–water partition coefficient (Wildman–Crippen LogP) is 4.55. The standard InChI is InChI=1S/C37H49N5O8S/c1-24(2)19-31(33(43)20-26(5)35(44)40-34(25(3)4)37(46)38-22-27-13-8-7-9-14-27)39-36(45)28-16-12-17-30(21-28)41(6)51(49,50)23-29-15-10-11-18-32(29)42(47)48/h7-18,21,24-26,31,33-34,43H,19-20,22-23H2,1-6H3,(H,38,46)(H,39,45)(H,40,44)/t26-,31+,33+,34+/m1/s1. The van der Waals surface area contributed by atoms with Crippen molar-refractivity contribution in [2.24, 2.45) is 17.8 Å². The Morgan fingerprint density at radius 2 is 1.51 bits per heavy atom. The molecule has 3 amide bonds. The van der Waals surface area contributed by atoms with Gasteiger partial charge in [-0.3, -0.25) is 28.8 Å². The van der Waals surface area contributed by atoms with Gasteiger partial charge >= 0.3 is 0 Å². The van der Waals surface area contributed by atoms with Gasteiger partial charge < -0.3 is 21.1 Å². The molecule has 13 nitrogen and oxygen atoms in total. The van der Waals surface area contributed by atoms with E-state index in [-0.39, 0.29) is 46.7 Å². The van der Waals surface area contributed by atoms with Crippen molar-refractivity contribution in [2.45, 2.75) is 77.9 Å². The van der Waals surface area contributed by atoms with E-state index in [0.717, 1.165) is 9.87 Å². The summed E-state index contributed by atoms with van der Waals surface area (Å²) < 4.78 is 27.5. The third-order valence-corrected chi connectivity index (χ3v) is 10.2. The molecule has 0 radical (unpaired) electrons. The van der Waals surface area contributed by atoms with Crippen LogP contribution >= 0.6 is 0 Å². The van der Waals surface area contributed by atoms with Gasteiger partial charge in [-0.25, -0.2) is 8.42 Å². The van der Waals surface area contributed by atoms with E-state index in [1.165, 1.54) is 55.6 Å². The van der Waals surface area contributed by atoms with E-state index in [0.29, 0.717) is 13.0 Å². The Hall–Kier alpha value is -4.82. The SMILES string of the molecule is CC(C)C[C@H](NC(=O)c1cccc(N(C)S(=O)(=O)Cc2ccccc2[N+](=O)[O-])c1)[C@@H](O)C[C@@H](C)C(=O)N[C@H](C(=O)NCc1ccccc1)C(C)C. The molecule has 4 atom stereocenters. The van der Waals surface area contributed by atoms with Gasteiger partial charge in [0.15, 0.2) is 0 Å². The van der Waals surface area contributed by atoms with Crippen LogP contribution in [-0.4, -0.2) is 61.4 Å². The quantitative estimate of drug-likeness (QED) is 0.109. The van der Waals surface area contributed by atoms with E-state index < -0.39 is 56.6 Å². The minimum atomic E-state index is -4.08. The van der Waals surface area contributed by atoms with E-state index >= 15 is 0 Å². The maximum Gasteiger partial charge on any atom is 0.273 e. The van der Waals surface area contributed by atoms with Gasteiger partial charge in [-0.1, -0.05) is 89.2 Å². The summed E-state index contributed by atoms with van der Waals surface area (Å²) in [4.78, 5) is 50.5. The number of nitrogens with one attached hydrogen (secondary N) is 3. The van der Waals surface area contributed by atoms with Crippen molar-refractivity contribution in [1.82, 2.24) is 16.0 Å². The monoisotopic (exact) mass is 723 g/mol. The Morgan fingerprint density at radius 1 is 0.863 bits per heavy atom. The summed E-state index contributed by atoms with van der Waals surface area (Å²) in [6.45, 7) is 9.49. The van der Waals surface area contributed by atoms with Crippen molar-refractivity contribution in [3.8, 4) is 0 Å². The van der Waals surface area contributed by atoms with E-state index in [4.69, 9.17) is 0 Å². The maximum absolute atomic E-state index is 13.5. The fourth-order valence-electron chi connectivity index (χ4n) is 5.54. The molecule has 0 aliphatic heterocycles. The van der Waals surface area contributed by atoms with Crippen molar-refractivity contribution in [2.75, 3.05) is 11.4 Å². The normalized spacial score (nSPS) is 13.9. The lowest BCUT2D eigenvalue weighted by atomic mass is 9.91. The van der Waals surface area contributed by atoms with Crippen LogP contribution in [0.1, 0.15) is 68.9 Å². The number of aliphatic hydroxyl groups excluding tert-OH is 1. The Labute approximate surface area is 300 Å². The van der Waals surface area contributed by atoms with E-state index in [1.54, 1.807) is 6.92 Å². The van der Waals surface area contributed by atoms with Crippen molar-refractivity contribution in [3.05, 3.63) is 106 Å². The number of sulfonamides is 1. The Morgan fingerprint density at radius 3 is 2.14 bits per heavy atom. The largest absolute Gasteiger partial charge is 0.391 e. The third-order valence-electron chi connectivity index (χ3n) is 8.52. The number of amides is 3. The lowest BCUT2D eigenvalue weighted by Crippen LogP contribution is -2.51. The van der Waals surface area contributed by atoms with Crippen LogP contribution in [0.15, 0.2) is 78.9 Å². The number of aliphatic hydroxyl groups is 1. The minimum Gasteiger partial charge on any atom is -0.391 e. The van der Waals surface area contributed by atoms with Crippen LogP contribution in [0.5, 0.6) is 0 Å². The minimum absolute atomic E-state index is 0.00654. The summed E-state index contributed by atoms with van der Waals surface area (Å²) in [5.41, 5.74) is 0.943. The van der Waals surface area contributed by atoms with Gasteiger partial charge in [0.05, 0.1) is 22.8 Å². The average Bonchev–Trinajstić information content (AvgIpc) is 3.08. The molecule has 3 rings (SSSR count). The number of anilines is 1. The Kier molecular flexibility index (Phi) is 14.7. The molecule has 0 fully saturated rings. The number of carbonyl (C=O) groups excluding carboxylic acids is 3. The van der Waals surface area contributed by atoms with Crippen molar-refractivity contribution < 1.29 is 32.8 Å². The van der Waals surface area contributed by atoms with Crippen LogP contribution in [0.25, 0.3) is 0 Å². The Bertz CT molecular complexity index is 1770. The number of rotatable bonds is 18. The van der Waals surface area contributed by atoms with Crippen LogP contribution in [0, 0.1) is 27.9 Å². The molecule has 3 aromatic carbocycles. The highest BCUT2D eigenvalue weighted by Crippen LogP contribution is 2.25. The van der Waals surface area contributed by atoms with Gasteiger partial charge in [-0.05, 0) is 48.4 Å². The zero-order chi connectivity index (χ0) is 37.9. The molecule has 0 bridgehead atoms. The molecule has 4 N–H and O–H groups in total. The second kappa shape index (κ2) is 18.4. The molecule has 51 heavy (non-hydrogen) atoms. The number of carbonyl (C=O) groups is 3. The van der Waals surface area contributed by atoms with Crippen LogP contribution in [0.3, 0.4) is 0 Å². The summed E-state index contributed by atoms with van der Waals surface area (Å²) >= 11 is 0. The highest BCUT2D eigenvalue weighted by Gasteiger charge is 2.31. The van der Waals surface area contributed by atoms with Crippen LogP contribution in [-0.2, 0) is 31.9 Å². The molecule has 0 heterocycles. The smallest absolute Gasteiger partial charge is 0.273 e. The van der Waals surface area contributed by atoms with Gasteiger partial charge in [0.2, 0.25) is 21.8 Å². The van der Waals surface area contributed by atoms with Gasteiger partial charge in [0.1, 0.15) is 11.8 Å². The molecule has 0 aliphatic carbocycles. The zero-order valence-corrected chi connectivity index (χ0v) is 30.7. The highest BCUT2D eigenvalue weighted by molar-refractivity contribution is 7.92. The molecule has 0 unspecified atom stereocenters. The number of hydrogen-bond acceptors (Lipinski definition) is 8. The topological polar surface area (TPSA) is 188 Å². The van der Waals surface area contributed by atoms with Gasteiger partial charge in [0, 0.05) is 36.7 Å². The summed E-state index contributed by atoms with van der Waals surface area (Å²) in [6, 6.07) is 19.4. The molecule has 14 heteroatoms. The van der Waals surface area contributed by atoms with Crippen LogP contribution < -0.4 is 20.3 Å². The highest BCUT2D eigenvalue weighted by atomic mass is 32.2. The molecule has 0 saturated carbocycles. The maximum atomic E-state index is 13.5. The molecule has 0 aliphatic rings. The number of benzene rings is 3. The third kappa shape index (κ3) is 11.9. The second-order valence-corrected chi connectivity index (χ2v) is 15.5. The van der Waals surface area contributed by atoms with Crippen LogP contribution in [0.4, 0.5) is 11.4 Å². The first kappa shape index (κ1) is 40.6. The zero-order valence-electron chi connectivity index (χ0n) is 29.9. The first-order chi connectivity index (χ1) is 24.0. The lowest BCUT2D eigenvalue weighted by Gasteiger charge is -2.29. The molecular formula is C37H49N5O8S. The summed E-state index contributed by atoms with van der Waals surface area (Å²) in [5.74, 6) is -2.73. The van der Waals surface area contributed by atoms with Crippen molar-refractivity contribution >= 4 is 39.1 Å². The van der Waals surface area contributed by atoms with E-state index in [2.05, 4.69) is 16.0 Å². The van der Waals surface area contributed by atoms with Crippen LogP contribution in [0.2, 0.25) is 0 Å². The fourth-order valence-corrected chi connectivity index (χ4v) is 6.80. The average molecular weight is 724 g/mol. The first-order valence-corrected chi connectivity index (χ1v) is 18.5.